The van der Waals surface area contributed by atoms with Crippen LogP contribution in [0.5, 0.6) is 0 Å². The van der Waals surface area contributed by atoms with E-state index in [1.165, 1.54) is 12.0 Å². The SMILES string of the molecule is CC(=CCC12OC1(C)C(=O)c1ccccc1C2=O)CCCC(C)C. The highest BCUT2D eigenvalue weighted by Crippen LogP contribution is 2.57. The van der Waals surface area contributed by atoms with Crippen molar-refractivity contribution in [1.29, 1.82) is 0 Å². The lowest BCUT2D eigenvalue weighted by atomic mass is 9.73. The number of hydrogen-bond donors (Lipinski definition) is 0. The Morgan fingerprint density at radius 3 is 2.42 bits per heavy atom. The van der Waals surface area contributed by atoms with Crippen molar-refractivity contribution in [3.05, 3.63) is 47.0 Å². The van der Waals surface area contributed by atoms with Crippen LogP contribution in [0, 0.1) is 5.92 Å². The maximum atomic E-state index is 12.9. The Morgan fingerprint density at radius 2 is 1.79 bits per heavy atom. The lowest BCUT2D eigenvalue weighted by Crippen LogP contribution is -2.43. The number of ether oxygens (including phenoxy) is 1. The third-order valence-corrected chi connectivity index (χ3v) is 5.41. The van der Waals surface area contributed by atoms with Crippen molar-refractivity contribution < 1.29 is 14.3 Å². The molecule has 2 atom stereocenters. The average Bonchev–Trinajstić information content (AvgIpc) is 3.19. The van der Waals surface area contributed by atoms with Crippen molar-refractivity contribution in [1.82, 2.24) is 0 Å². The second-order valence-corrected chi connectivity index (χ2v) is 7.71. The third kappa shape index (κ3) is 2.55. The topological polar surface area (TPSA) is 46.7 Å². The molecule has 1 fully saturated rings. The largest absolute Gasteiger partial charge is 0.345 e. The van der Waals surface area contributed by atoms with E-state index >= 15 is 0 Å². The van der Waals surface area contributed by atoms with Crippen molar-refractivity contribution in [3.8, 4) is 0 Å². The Morgan fingerprint density at radius 1 is 1.17 bits per heavy atom. The van der Waals surface area contributed by atoms with Gasteiger partial charge in [0.2, 0.25) is 0 Å². The molecule has 0 saturated carbocycles. The number of fused-ring (bicyclic) bond motifs is 2. The van der Waals surface area contributed by atoms with Gasteiger partial charge in [-0.25, -0.2) is 0 Å². The number of benzene rings is 1. The summed E-state index contributed by atoms with van der Waals surface area (Å²) >= 11 is 0. The molecule has 3 nitrogen and oxygen atoms in total. The molecule has 0 N–H and O–H groups in total. The molecule has 3 rings (SSSR count). The van der Waals surface area contributed by atoms with E-state index in [0.717, 1.165) is 12.8 Å². The monoisotopic (exact) mass is 326 g/mol. The second-order valence-electron chi connectivity index (χ2n) is 7.71. The highest BCUT2D eigenvalue weighted by atomic mass is 16.6. The molecule has 128 valence electrons. The van der Waals surface area contributed by atoms with Gasteiger partial charge in [-0.2, -0.15) is 0 Å². The number of rotatable bonds is 6. The molecule has 3 heteroatoms. The number of hydrogen-bond acceptors (Lipinski definition) is 3. The molecule has 1 aromatic carbocycles. The van der Waals surface area contributed by atoms with Crippen LogP contribution in [0.15, 0.2) is 35.9 Å². The Kier molecular flexibility index (Phi) is 4.25. The minimum Gasteiger partial charge on any atom is -0.345 e. The van der Waals surface area contributed by atoms with Crippen LogP contribution in [-0.4, -0.2) is 22.8 Å². The highest BCUT2D eigenvalue weighted by molar-refractivity contribution is 6.25. The summed E-state index contributed by atoms with van der Waals surface area (Å²) in [6.07, 6.45) is 5.96. The van der Waals surface area contributed by atoms with Gasteiger partial charge in [0.1, 0.15) is 0 Å². The number of carbonyl (C=O) groups excluding carboxylic acids is 2. The standard InChI is InChI=1S/C21H26O3/c1-14(2)8-7-9-15(3)12-13-21-19(23)17-11-6-5-10-16(17)18(22)20(21,4)24-21/h5-6,10-12,14H,7-9,13H2,1-4H3. The zero-order chi connectivity index (χ0) is 17.5. The number of allylic oxidation sites excluding steroid dienone is 1. The molecular weight excluding hydrogens is 300 g/mol. The Labute approximate surface area is 144 Å². The van der Waals surface area contributed by atoms with E-state index in [2.05, 4.69) is 26.8 Å². The molecule has 1 aromatic rings. The molecule has 1 heterocycles. The maximum absolute atomic E-state index is 12.9. The summed E-state index contributed by atoms with van der Waals surface area (Å²) in [6, 6.07) is 7.05. The first-order valence-electron chi connectivity index (χ1n) is 8.86. The highest BCUT2D eigenvalue weighted by Gasteiger charge is 2.77. The smallest absolute Gasteiger partial charge is 0.199 e. The molecule has 24 heavy (non-hydrogen) atoms. The van der Waals surface area contributed by atoms with Crippen LogP contribution in [0.2, 0.25) is 0 Å². The zero-order valence-electron chi connectivity index (χ0n) is 15.0. The zero-order valence-corrected chi connectivity index (χ0v) is 15.0. The van der Waals surface area contributed by atoms with Crippen LogP contribution in [0.1, 0.15) is 74.1 Å². The van der Waals surface area contributed by atoms with Crippen LogP contribution in [0.3, 0.4) is 0 Å². The van der Waals surface area contributed by atoms with Crippen LogP contribution < -0.4 is 0 Å². The maximum Gasteiger partial charge on any atom is 0.199 e. The molecule has 0 radical (unpaired) electrons. The predicted molar refractivity (Wildman–Crippen MR) is 94.4 cm³/mol. The molecule has 1 aliphatic heterocycles. The number of epoxide rings is 1. The van der Waals surface area contributed by atoms with E-state index in [9.17, 15) is 9.59 Å². The molecule has 2 aliphatic rings. The number of carbonyl (C=O) groups is 2. The van der Waals surface area contributed by atoms with E-state index in [0.29, 0.717) is 23.5 Å². The number of ketones is 2. The Bertz CT molecular complexity index is 716. The molecule has 0 bridgehead atoms. The summed E-state index contributed by atoms with van der Waals surface area (Å²) in [5, 5.41) is 0. The fraction of sp³-hybridized carbons (Fsp3) is 0.524. The van der Waals surface area contributed by atoms with Crippen molar-refractivity contribution in [2.75, 3.05) is 0 Å². The van der Waals surface area contributed by atoms with Gasteiger partial charge in [-0.15, -0.1) is 0 Å². The Balaban J connectivity index is 1.77. The molecule has 1 aliphatic carbocycles. The molecule has 0 aromatic heterocycles. The van der Waals surface area contributed by atoms with E-state index in [1.807, 2.05) is 0 Å². The molecule has 2 unspecified atom stereocenters. The second kappa shape index (κ2) is 5.96. The average molecular weight is 326 g/mol. The van der Waals surface area contributed by atoms with E-state index in [-0.39, 0.29) is 11.6 Å². The van der Waals surface area contributed by atoms with Gasteiger partial charge in [-0.1, -0.05) is 56.2 Å². The fourth-order valence-corrected chi connectivity index (χ4v) is 3.71. The van der Waals surface area contributed by atoms with Gasteiger partial charge in [-0.05, 0) is 32.6 Å². The lowest BCUT2D eigenvalue weighted by molar-refractivity contribution is 0.0847. The Hall–Kier alpha value is -1.74. The first-order chi connectivity index (χ1) is 11.3. The first-order valence-corrected chi connectivity index (χ1v) is 8.86. The summed E-state index contributed by atoms with van der Waals surface area (Å²) in [5.74, 6) is 0.593. The van der Waals surface area contributed by atoms with Crippen LogP contribution in [0.25, 0.3) is 0 Å². The van der Waals surface area contributed by atoms with E-state index in [1.54, 1.807) is 31.2 Å². The summed E-state index contributed by atoms with van der Waals surface area (Å²) in [4.78, 5) is 25.7. The minimum absolute atomic E-state index is 0.0496. The van der Waals surface area contributed by atoms with Gasteiger partial charge in [0.05, 0.1) is 0 Å². The third-order valence-electron chi connectivity index (χ3n) is 5.41. The van der Waals surface area contributed by atoms with Crippen molar-refractivity contribution in [2.24, 2.45) is 5.92 Å². The minimum atomic E-state index is -0.993. The summed E-state index contributed by atoms with van der Waals surface area (Å²) < 4.78 is 5.81. The van der Waals surface area contributed by atoms with E-state index in [4.69, 9.17) is 4.74 Å². The van der Waals surface area contributed by atoms with Gasteiger partial charge in [-0.3, -0.25) is 9.59 Å². The van der Waals surface area contributed by atoms with E-state index < -0.39 is 11.2 Å². The first kappa shape index (κ1) is 17.1. The van der Waals surface area contributed by atoms with Crippen LogP contribution >= 0.6 is 0 Å². The van der Waals surface area contributed by atoms with Crippen molar-refractivity contribution in [2.45, 2.75) is 64.6 Å². The van der Waals surface area contributed by atoms with Crippen molar-refractivity contribution >= 4 is 11.6 Å². The predicted octanol–water partition coefficient (Wildman–Crippen LogP) is 4.76. The summed E-state index contributed by atoms with van der Waals surface area (Å²) in [7, 11) is 0. The van der Waals surface area contributed by atoms with Gasteiger partial charge >= 0.3 is 0 Å². The van der Waals surface area contributed by atoms with Crippen LogP contribution in [0.4, 0.5) is 0 Å². The number of Topliss-reactive ketones (excluding diaryl/α,β-unsaturated/α-hetero) is 2. The lowest BCUT2D eigenvalue weighted by Gasteiger charge is -2.22. The molecule has 1 saturated heterocycles. The molecule has 0 spiro atoms. The normalized spacial score (nSPS) is 28.8. The summed E-state index contributed by atoms with van der Waals surface area (Å²) in [6.45, 7) is 8.31. The van der Waals surface area contributed by atoms with Gasteiger partial charge in [0, 0.05) is 17.5 Å². The van der Waals surface area contributed by atoms with Gasteiger partial charge < -0.3 is 4.74 Å². The van der Waals surface area contributed by atoms with Gasteiger partial charge in [0.15, 0.2) is 22.8 Å². The fourth-order valence-electron chi connectivity index (χ4n) is 3.71. The quantitative estimate of drug-likeness (QED) is 0.559. The molecule has 0 amide bonds. The molecular formula is C21H26O3. The van der Waals surface area contributed by atoms with Gasteiger partial charge in [0.25, 0.3) is 0 Å². The summed E-state index contributed by atoms with van der Waals surface area (Å²) in [5.41, 5.74) is 0.284. The van der Waals surface area contributed by atoms with Crippen molar-refractivity contribution in [3.63, 3.8) is 0 Å². The van der Waals surface area contributed by atoms with Crippen LogP contribution in [-0.2, 0) is 4.74 Å².